The Morgan fingerprint density at radius 3 is 1.79 bits per heavy atom. The van der Waals surface area contributed by atoms with E-state index in [1.54, 1.807) is 47.6 Å². The van der Waals surface area contributed by atoms with Gasteiger partial charge in [-0.1, -0.05) is 0 Å². The molecule has 0 unspecified atom stereocenters. The van der Waals surface area contributed by atoms with Crippen molar-refractivity contribution in [1.82, 2.24) is 15.7 Å². The molecule has 0 radical (unpaired) electrons. The second kappa shape index (κ2) is 12.3. The molecule has 1 saturated heterocycles. The molecule has 2 N–H and O–H groups in total. The Bertz CT molecular complexity index is 1130. The number of imide groups is 1. The molecule has 4 amide bonds. The van der Waals surface area contributed by atoms with Gasteiger partial charge in [0.2, 0.25) is 0 Å². The van der Waals surface area contributed by atoms with E-state index >= 15 is 0 Å². The molecule has 0 bridgehead atoms. The standard InChI is InChI=1S/C23H29N4O8.3CH3.Sn/c1-22(2,3)33-20(31)25-19(26-21(32)34-23(4,5)6)24-13-14-8-7-9-15(12-14)18(30)35-27-16(28)10-11-17(27)29;;;;/h8-9,12H,10-11,13H2,1-6H3,(H2,24,25,26,31,32);3*1H3;. The molecule has 1 aromatic carbocycles. The van der Waals surface area contributed by atoms with Crippen LogP contribution in [-0.2, 0) is 30.4 Å². The van der Waals surface area contributed by atoms with Crippen molar-refractivity contribution in [3.63, 3.8) is 0 Å². The summed E-state index contributed by atoms with van der Waals surface area (Å²) in [6.45, 7) is 10.1. The van der Waals surface area contributed by atoms with Crippen molar-refractivity contribution in [2.75, 3.05) is 0 Å². The summed E-state index contributed by atoms with van der Waals surface area (Å²) in [5.41, 5.74) is -0.844. The summed E-state index contributed by atoms with van der Waals surface area (Å²) in [6.07, 6.45) is -1.69. The second-order valence-corrected chi connectivity index (χ2v) is 26.5. The fraction of sp³-hybridized carbons (Fsp3) is 0.538. The minimum atomic E-state index is -2.76. The summed E-state index contributed by atoms with van der Waals surface area (Å²) < 4.78 is 11.5. The number of rotatable bonds is 5. The number of ether oxygens (including phenoxy) is 2. The average molecular weight is 653 g/mol. The molecule has 214 valence electrons. The number of aliphatic imine (C=N–C) groups is 1. The predicted molar refractivity (Wildman–Crippen MR) is 146 cm³/mol. The van der Waals surface area contributed by atoms with Crippen LogP contribution >= 0.6 is 0 Å². The van der Waals surface area contributed by atoms with E-state index in [4.69, 9.17) is 14.3 Å². The molecule has 13 heteroatoms. The number of carbonyl (C=O) groups excluding carboxylic acids is 5. The average Bonchev–Trinajstić information content (AvgIpc) is 3.06. The summed E-state index contributed by atoms with van der Waals surface area (Å²) in [5, 5.41) is 5.34. The molecule has 0 aliphatic carbocycles. The van der Waals surface area contributed by atoms with Crippen molar-refractivity contribution < 1.29 is 38.3 Å². The number of hydroxylamine groups is 2. The summed E-state index contributed by atoms with van der Waals surface area (Å²) in [7, 11) is 0. The first-order valence-electron chi connectivity index (χ1n) is 12.5. The molecule has 1 fully saturated rings. The van der Waals surface area contributed by atoms with E-state index in [1.165, 1.54) is 6.07 Å². The van der Waals surface area contributed by atoms with Crippen LogP contribution in [0.2, 0.25) is 14.8 Å². The molecule has 1 aliphatic rings. The number of amides is 4. The molecular formula is C26H38N4O8Sn. The third-order valence-electron chi connectivity index (χ3n) is 4.93. The summed E-state index contributed by atoms with van der Waals surface area (Å²) in [6, 6.07) is 5.13. The number of benzene rings is 1. The van der Waals surface area contributed by atoms with Gasteiger partial charge in [-0.05, 0) is 0 Å². The van der Waals surface area contributed by atoms with Crippen molar-refractivity contribution in [2.45, 2.75) is 86.9 Å². The zero-order valence-corrected chi connectivity index (χ0v) is 26.9. The Labute approximate surface area is 232 Å². The van der Waals surface area contributed by atoms with E-state index in [2.05, 4.69) is 30.4 Å². The van der Waals surface area contributed by atoms with Crippen molar-refractivity contribution in [2.24, 2.45) is 4.99 Å². The number of nitrogens with zero attached hydrogens (tertiary/aromatic N) is 2. The number of carbonyl (C=O) groups is 5. The van der Waals surface area contributed by atoms with Crippen LogP contribution in [-0.4, -0.2) is 70.6 Å². The molecule has 1 heterocycles. The van der Waals surface area contributed by atoms with Crippen LogP contribution in [0.25, 0.3) is 0 Å². The summed E-state index contributed by atoms with van der Waals surface area (Å²) >= 11 is -2.76. The first-order valence-corrected chi connectivity index (χ1v) is 22.5. The van der Waals surface area contributed by atoms with Crippen molar-refractivity contribution in [3.8, 4) is 0 Å². The molecule has 1 aromatic rings. The van der Waals surface area contributed by atoms with Gasteiger partial charge in [-0.15, -0.1) is 0 Å². The fourth-order valence-electron chi connectivity index (χ4n) is 3.21. The van der Waals surface area contributed by atoms with Gasteiger partial charge in [0.05, 0.1) is 0 Å². The Morgan fingerprint density at radius 2 is 1.36 bits per heavy atom. The van der Waals surface area contributed by atoms with Gasteiger partial charge in [-0.2, -0.15) is 0 Å². The molecule has 1 aliphatic heterocycles. The number of guanidine groups is 1. The van der Waals surface area contributed by atoms with Gasteiger partial charge in [0, 0.05) is 0 Å². The topological polar surface area (TPSA) is 153 Å². The SMILES string of the molecule is CC(C)(C)OC(=O)NC(=NCc1cc(C(=O)ON2C(=O)CCC2=O)c[c]([Sn]([CH3])([CH3])[CH3])c1)NC(=O)OC(C)(C)C. The molecule has 0 spiro atoms. The van der Waals surface area contributed by atoms with E-state index in [0.717, 1.165) is 3.58 Å². The van der Waals surface area contributed by atoms with Gasteiger partial charge in [0.25, 0.3) is 0 Å². The minimum absolute atomic E-state index is 0.0113. The van der Waals surface area contributed by atoms with Gasteiger partial charge >= 0.3 is 233 Å². The van der Waals surface area contributed by atoms with Gasteiger partial charge in [-0.25, -0.2) is 0 Å². The molecule has 0 aromatic heterocycles. The number of hydrogen-bond donors (Lipinski definition) is 2. The van der Waals surface area contributed by atoms with Crippen molar-refractivity contribution in [1.29, 1.82) is 0 Å². The van der Waals surface area contributed by atoms with E-state index in [0.29, 0.717) is 10.6 Å². The van der Waals surface area contributed by atoms with Gasteiger partial charge < -0.3 is 0 Å². The molecule has 12 nitrogen and oxygen atoms in total. The zero-order chi connectivity index (χ0) is 29.8. The van der Waals surface area contributed by atoms with Crippen LogP contribution in [0.4, 0.5) is 9.59 Å². The van der Waals surface area contributed by atoms with Crippen LogP contribution in [0.3, 0.4) is 0 Å². The first-order chi connectivity index (χ1) is 17.7. The second-order valence-electron chi connectivity index (χ2n) is 12.0. The zero-order valence-electron chi connectivity index (χ0n) is 24.0. The Morgan fingerprint density at radius 1 is 0.872 bits per heavy atom. The fourth-order valence-corrected chi connectivity index (χ4v) is 6.65. The van der Waals surface area contributed by atoms with Crippen LogP contribution in [0.5, 0.6) is 0 Å². The first kappa shape index (κ1) is 32.1. The van der Waals surface area contributed by atoms with E-state index in [1.807, 2.05) is 6.07 Å². The van der Waals surface area contributed by atoms with E-state index < -0.39 is 59.5 Å². The van der Waals surface area contributed by atoms with Gasteiger partial charge in [0.15, 0.2) is 0 Å². The van der Waals surface area contributed by atoms with Crippen molar-refractivity contribution >= 4 is 57.9 Å². The Hall–Kier alpha value is -3.16. The van der Waals surface area contributed by atoms with Crippen LogP contribution < -0.4 is 14.2 Å². The van der Waals surface area contributed by atoms with Crippen LogP contribution in [0, 0.1) is 0 Å². The quantitative estimate of drug-likeness (QED) is 0.213. The van der Waals surface area contributed by atoms with Gasteiger partial charge in [-0.3, -0.25) is 0 Å². The number of hydrogen-bond acceptors (Lipinski definition) is 9. The summed E-state index contributed by atoms with van der Waals surface area (Å²) in [4.78, 5) is 77.3. The van der Waals surface area contributed by atoms with Crippen LogP contribution in [0.15, 0.2) is 23.2 Å². The number of alkyl carbamates (subject to hydrolysis) is 2. The summed E-state index contributed by atoms with van der Waals surface area (Å²) in [5.74, 6) is -2.20. The van der Waals surface area contributed by atoms with Crippen molar-refractivity contribution in [3.05, 3.63) is 29.3 Å². The molecule has 39 heavy (non-hydrogen) atoms. The van der Waals surface area contributed by atoms with E-state index in [-0.39, 0.29) is 30.9 Å². The normalized spacial score (nSPS) is 14.0. The number of nitrogens with one attached hydrogen (secondary N) is 2. The van der Waals surface area contributed by atoms with Gasteiger partial charge in [0.1, 0.15) is 0 Å². The maximum atomic E-state index is 12.9. The van der Waals surface area contributed by atoms with E-state index in [9.17, 15) is 24.0 Å². The maximum absolute atomic E-state index is 12.9. The molecular weight excluding hydrogens is 615 g/mol. The molecule has 0 atom stereocenters. The third kappa shape index (κ3) is 10.9. The monoisotopic (exact) mass is 654 g/mol. The van der Waals surface area contributed by atoms with Crippen LogP contribution in [0.1, 0.15) is 70.3 Å². The predicted octanol–water partition coefficient (Wildman–Crippen LogP) is 3.36. The molecule has 2 rings (SSSR count). The third-order valence-corrected chi connectivity index (χ3v) is 10.7. The Balaban J connectivity index is 2.37. The molecule has 0 saturated carbocycles. The Kier molecular flexibility index (Phi) is 10.1.